The Morgan fingerprint density at radius 2 is 1.87 bits per heavy atom. The number of benzene rings is 2. The summed E-state index contributed by atoms with van der Waals surface area (Å²) in [5.74, 6) is 1.19. The fourth-order valence-electron chi connectivity index (χ4n) is 4.05. The summed E-state index contributed by atoms with van der Waals surface area (Å²) in [4.78, 5) is 17.3. The number of hydrogen-bond acceptors (Lipinski definition) is 5. The van der Waals surface area contributed by atoms with E-state index in [0.717, 1.165) is 57.7 Å². The molecule has 1 atom stereocenters. The molecule has 2 heterocycles. The summed E-state index contributed by atoms with van der Waals surface area (Å²) in [7, 11) is 1.59. The second kappa shape index (κ2) is 10.4. The van der Waals surface area contributed by atoms with Crippen LogP contribution in [-0.4, -0.2) is 68.3 Å². The fraction of sp³-hybridized carbons (Fsp3) is 0.458. The van der Waals surface area contributed by atoms with Crippen molar-refractivity contribution >= 4 is 17.5 Å². The van der Waals surface area contributed by atoms with E-state index in [4.69, 9.17) is 25.8 Å². The zero-order valence-corrected chi connectivity index (χ0v) is 18.6. The molecule has 0 spiro atoms. The molecular weight excluding hydrogens is 416 g/mol. The van der Waals surface area contributed by atoms with Gasteiger partial charge in [0.25, 0.3) is 5.91 Å². The molecule has 31 heavy (non-hydrogen) atoms. The lowest BCUT2D eigenvalue weighted by molar-refractivity contribution is 0.0432. The van der Waals surface area contributed by atoms with Crippen molar-refractivity contribution in [3.8, 4) is 11.5 Å². The summed E-state index contributed by atoms with van der Waals surface area (Å²) >= 11 is 5.93. The smallest absolute Gasteiger partial charge is 0.254 e. The Labute approximate surface area is 188 Å². The number of halogens is 1. The van der Waals surface area contributed by atoms with Gasteiger partial charge in [-0.2, -0.15) is 0 Å². The first-order chi connectivity index (χ1) is 15.1. The number of amides is 1. The molecule has 2 fully saturated rings. The minimum Gasteiger partial charge on any atom is -0.493 e. The van der Waals surface area contributed by atoms with Crippen LogP contribution in [0.25, 0.3) is 0 Å². The molecule has 0 bridgehead atoms. The monoisotopic (exact) mass is 444 g/mol. The van der Waals surface area contributed by atoms with Gasteiger partial charge in [0.1, 0.15) is 6.61 Å². The zero-order valence-electron chi connectivity index (χ0n) is 17.9. The molecule has 2 aromatic carbocycles. The minimum absolute atomic E-state index is 0.0271. The number of carbonyl (C=O) groups is 1. The lowest BCUT2D eigenvalue weighted by Gasteiger charge is -2.35. The van der Waals surface area contributed by atoms with E-state index in [1.165, 1.54) is 0 Å². The Morgan fingerprint density at radius 1 is 1.10 bits per heavy atom. The molecule has 0 saturated carbocycles. The molecule has 6 nitrogen and oxygen atoms in total. The lowest BCUT2D eigenvalue weighted by Crippen LogP contribution is -2.50. The van der Waals surface area contributed by atoms with Gasteiger partial charge in [0.2, 0.25) is 0 Å². The number of methoxy groups -OCH3 is 1. The van der Waals surface area contributed by atoms with Gasteiger partial charge in [-0.15, -0.1) is 0 Å². The summed E-state index contributed by atoms with van der Waals surface area (Å²) in [5, 5.41) is 0.692. The van der Waals surface area contributed by atoms with Crippen molar-refractivity contribution in [3.05, 3.63) is 58.6 Å². The summed E-state index contributed by atoms with van der Waals surface area (Å²) in [6.45, 7) is 5.45. The number of rotatable bonds is 7. The normalized spacial score (nSPS) is 19.4. The van der Waals surface area contributed by atoms with E-state index in [2.05, 4.69) is 4.90 Å². The van der Waals surface area contributed by atoms with Crippen molar-refractivity contribution < 1.29 is 19.0 Å². The topological polar surface area (TPSA) is 51.2 Å². The van der Waals surface area contributed by atoms with Gasteiger partial charge in [0.15, 0.2) is 11.5 Å². The van der Waals surface area contributed by atoms with Gasteiger partial charge in [-0.1, -0.05) is 23.7 Å². The maximum atomic E-state index is 13.0. The third-order valence-electron chi connectivity index (χ3n) is 5.86. The molecule has 2 saturated heterocycles. The Balaban J connectivity index is 1.33. The largest absolute Gasteiger partial charge is 0.493 e. The molecule has 7 heteroatoms. The summed E-state index contributed by atoms with van der Waals surface area (Å²) < 4.78 is 17.1. The van der Waals surface area contributed by atoms with Crippen molar-refractivity contribution in [1.29, 1.82) is 0 Å². The summed E-state index contributed by atoms with van der Waals surface area (Å²) in [5.41, 5.74) is 1.62. The Hall–Kier alpha value is -2.28. The molecule has 0 aliphatic carbocycles. The second-order valence-corrected chi connectivity index (χ2v) is 8.45. The van der Waals surface area contributed by atoms with Crippen LogP contribution in [0.15, 0.2) is 42.5 Å². The number of nitrogens with zero attached hydrogens (tertiary/aromatic N) is 2. The van der Waals surface area contributed by atoms with Crippen LogP contribution in [-0.2, 0) is 11.3 Å². The van der Waals surface area contributed by atoms with Crippen molar-refractivity contribution in [1.82, 2.24) is 9.80 Å². The molecule has 1 amide bonds. The molecular formula is C24H29ClN2O4. The highest BCUT2D eigenvalue weighted by Crippen LogP contribution is 2.29. The second-order valence-electron chi connectivity index (χ2n) is 8.01. The third-order valence-corrected chi connectivity index (χ3v) is 6.12. The lowest BCUT2D eigenvalue weighted by atomic mass is 10.1. The van der Waals surface area contributed by atoms with Crippen LogP contribution in [0.5, 0.6) is 11.5 Å². The van der Waals surface area contributed by atoms with Crippen LogP contribution in [0.3, 0.4) is 0 Å². The van der Waals surface area contributed by atoms with E-state index < -0.39 is 0 Å². The molecule has 2 aliphatic rings. The highest BCUT2D eigenvalue weighted by atomic mass is 35.5. The number of piperazine rings is 1. The SMILES string of the molecule is COc1cc(C(=O)N2CCN(CC3CCCO3)CC2)ccc1OCc1ccc(Cl)cc1. The summed E-state index contributed by atoms with van der Waals surface area (Å²) in [6, 6.07) is 12.9. The Kier molecular flexibility index (Phi) is 7.33. The molecule has 0 N–H and O–H groups in total. The molecule has 1 unspecified atom stereocenters. The molecule has 0 radical (unpaired) electrons. The molecule has 166 valence electrons. The van der Waals surface area contributed by atoms with Gasteiger partial charge in [-0.25, -0.2) is 0 Å². The molecule has 2 aromatic rings. The van der Waals surface area contributed by atoms with E-state index >= 15 is 0 Å². The summed E-state index contributed by atoms with van der Waals surface area (Å²) in [6.07, 6.45) is 2.65. The Bertz CT molecular complexity index is 876. The minimum atomic E-state index is 0.0271. The maximum absolute atomic E-state index is 13.0. The molecule has 2 aliphatic heterocycles. The van der Waals surface area contributed by atoms with Crippen LogP contribution in [0.1, 0.15) is 28.8 Å². The Morgan fingerprint density at radius 3 is 2.55 bits per heavy atom. The van der Waals surface area contributed by atoms with E-state index in [9.17, 15) is 4.79 Å². The predicted octanol–water partition coefficient (Wildman–Crippen LogP) is 3.86. The number of carbonyl (C=O) groups excluding carboxylic acids is 1. The maximum Gasteiger partial charge on any atom is 0.254 e. The van der Waals surface area contributed by atoms with E-state index in [0.29, 0.717) is 34.8 Å². The quantitative estimate of drug-likeness (QED) is 0.649. The predicted molar refractivity (Wildman–Crippen MR) is 120 cm³/mol. The third kappa shape index (κ3) is 5.70. The zero-order chi connectivity index (χ0) is 21.6. The number of ether oxygens (including phenoxy) is 3. The van der Waals surface area contributed by atoms with Crippen LogP contribution in [0.2, 0.25) is 5.02 Å². The van der Waals surface area contributed by atoms with Crippen molar-refractivity contribution in [2.45, 2.75) is 25.6 Å². The first-order valence-electron chi connectivity index (χ1n) is 10.8. The number of hydrogen-bond donors (Lipinski definition) is 0. The van der Waals surface area contributed by atoms with E-state index in [-0.39, 0.29) is 5.91 Å². The van der Waals surface area contributed by atoms with Gasteiger partial charge in [-0.05, 0) is 48.7 Å². The standard InChI is InChI=1S/C24H29ClN2O4/c1-29-23-15-19(6-9-22(23)31-17-18-4-7-20(25)8-5-18)24(28)27-12-10-26(11-13-27)16-21-3-2-14-30-21/h4-9,15,21H,2-3,10-14,16-17H2,1H3. The average Bonchev–Trinajstić information content (AvgIpc) is 3.32. The van der Waals surface area contributed by atoms with Crippen LogP contribution < -0.4 is 9.47 Å². The van der Waals surface area contributed by atoms with Gasteiger partial charge in [0.05, 0.1) is 13.2 Å². The van der Waals surface area contributed by atoms with Crippen LogP contribution >= 0.6 is 11.6 Å². The van der Waals surface area contributed by atoms with Gasteiger partial charge < -0.3 is 19.1 Å². The molecule has 4 rings (SSSR count). The van der Waals surface area contributed by atoms with Crippen molar-refractivity contribution in [3.63, 3.8) is 0 Å². The average molecular weight is 445 g/mol. The first kappa shape index (κ1) is 21.9. The van der Waals surface area contributed by atoms with Gasteiger partial charge in [0, 0.05) is 49.9 Å². The van der Waals surface area contributed by atoms with E-state index in [1.54, 1.807) is 25.3 Å². The first-order valence-corrected chi connectivity index (χ1v) is 11.2. The van der Waals surface area contributed by atoms with Gasteiger partial charge in [-0.3, -0.25) is 9.69 Å². The van der Waals surface area contributed by atoms with Crippen molar-refractivity contribution in [2.24, 2.45) is 0 Å². The van der Waals surface area contributed by atoms with E-state index in [1.807, 2.05) is 29.2 Å². The van der Waals surface area contributed by atoms with Crippen LogP contribution in [0, 0.1) is 0 Å². The van der Waals surface area contributed by atoms with Crippen LogP contribution in [0.4, 0.5) is 0 Å². The van der Waals surface area contributed by atoms with Gasteiger partial charge >= 0.3 is 0 Å². The fourth-order valence-corrected chi connectivity index (χ4v) is 4.18. The van der Waals surface area contributed by atoms with Crippen molar-refractivity contribution in [2.75, 3.05) is 46.4 Å². The molecule has 0 aromatic heterocycles. The highest BCUT2D eigenvalue weighted by Gasteiger charge is 2.26. The highest BCUT2D eigenvalue weighted by molar-refractivity contribution is 6.30.